The zero-order chi connectivity index (χ0) is 12.8. The van der Waals surface area contributed by atoms with Crippen LogP contribution in [0.1, 0.15) is 12.7 Å². The van der Waals surface area contributed by atoms with E-state index >= 15 is 0 Å². The van der Waals surface area contributed by atoms with E-state index in [1.165, 1.54) is 0 Å². The number of benzene rings is 1. The molecule has 4 nitrogen and oxygen atoms in total. The van der Waals surface area contributed by atoms with Crippen LogP contribution >= 0.6 is 0 Å². The van der Waals surface area contributed by atoms with Crippen molar-refractivity contribution in [2.24, 2.45) is 0 Å². The largest absolute Gasteiger partial charge is 0.494 e. The summed E-state index contributed by atoms with van der Waals surface area (Å²) in [5, 5.41) is 3.38. The standard InChI is InChI=1S/C14H19N3O/c1-3-18-14-6-4-13(5-7-14)16-9-11-17-10-8-15-12(17)2/h4-8,10,16H,3,9,11H2,1-2H3. The van der Waals surface area contributed by atoms with Crippen LogP contribution < -0.4 is 10.1 Å². The minimum Gasteiger partial charge on any atom is -0.494 e. The van der Waals surface area contributed by atoms with Gasteiger partial charge in [-0.1, -0.05) is 0 Å². The van der Waals surface area contributed by atoms with Gasteiger partial charge < -0.3 is 14.6 Å². The summed E-state index contributed by atoms with van der Waals surface area (Å²) in [6, 6.07) is 8.03. The number of nitrogens with zero attached hydrogens (tertiary/aromatic N) is 2. The number of aromatic nitrogens is 2. The molecule has 0 saturated carbocycles. The van der Waals surface area contributed by atoms with E-state index in [0.29, 0.717) is 6.61 Å². The van der Waals surface area contributed by atoms with E-state index in [1.54, 1.807) is 0 Å². The van der Waals surface area contributed by atoms with E-state index in [4.69, 9.17) is 4.74 Å². The summed E-state index contributed by atoms with van der Waals surface area (Å²) in [6.45, 7) is 6.49. The van der Waals surface area contributed by atoms with E-state index in [9.17, 15) is 0 Å². The van der Waals surface area contributed by atoms with Crippen LogP contribution in [-0.4, -0.2) is 22.7 Å². The normalized spacial score (nSPS) is 10.3. The van der Waals surface area contributed by atoms with Crippen molar-refractivity contribution in [2.45, 2.75) is 20.4 Å². The zero-order valence-corrected chi connectivity index (χ0v) is 10.9. The molecular weight excluding hydrogens is 226 g/mol. The smallest absolute Gasteiger partial charge is 0.119 e. The molecule has 1 aromatic carbocycles. The lowest BCUT2D eigenvalue weighted by atomic mass is 10.3. The maximum atomic E-state index is 5.40. The van der Waals surface area contributed by atoms with Gasteiger partial charge in [-0.15, -0.1) is 0 Å². The van der Waals surface area contributed by atoms with Crippen LogP contribution in [0, 0.1) is 6.92 Å². The third-order valence-corrected chi connectivity index (χ3v) is 2.77. The molecule has 0 radical (unpaired) electrons. The Balaban J connectivity index is 1.81. The quantitative estimate of drug-likeness (QED) is 0.850. The van der Waals surface area contributed by atoms with Gasteiger partial charge in [0, 0.05) is 31.2 Å². The summed E-state index contributed by atoms with van der Waals surface area (Å²) in [4.78, 5) is 4.19. The number of nitrogens with one attached hydrogen (secondary N) is 1. The second-order valence-electron chi connectivity index (χ2n) is 4.05. The third-order valence-electron chi connectivity index (χ3n) is 2.77. The number of aryl methyl sites for hydroxylation is 1. The molecule has 0 aliphatic rings. The minimum absolute atomic E-state index is 0.701. The predicted octanol–water partition coefficient (Wildman–Crippen LogP) is 2.70. The minimum atomic E-state index is 0.701. The molecule has 1 N–H and O–H groups in total. The van der Waals surface area contributed by atoms with Gasteiger partial charge in [0.05, 0.1) is 6.61 Å². The van der Waals surface area contributed by atoms with Gasteiger partial charge in [-0.2, -0.15) is 0 Å². The van der Waals surface area contributed by atoms with Gasteiger partial charge in [-0.05, 0) is 38.1 Å². The topological polar surface area (TPSA) is 39.1 Å². The number of anilines is 1. The first-order valence-electron chi connectivity index (χ1n) is 6.24. The van der Waals surface area contributed by atoms with Gasteiger partial charge in [0.15, 0.2) is 0 Å². The fourth-order valence-corrected chi connectivity index (χ4v) is 1.80. The molecule has 4 heteroatoms. The lowest BCUT2D eigenvalue weighted by Gasteiger charge is -2.09. The summed E-state index contributed by atoms with van der Waals surface area (Å²) < 4.78 is 7.53. The van der Waals surface area contributed by atoms with E-state index in [1.807, 2.05) is 50.5 Å². The summed E-state index contributed by atoms with van der Waals surface area (Å²) in [7, 11) is 0. The van der Waals surface area contributed by atoms with Gasteiger partial charge in [0.1, 0.15) is 11.6 Å². The Morgan fingerprint density at radius 3 is 2.67 bits per heavy atom. The van der Waals surface area contributed by atoms with Crippen molar-refractivity contribution in [3.8, 4) is 5.75 Å². The Morgan fingerprint density at radius 1 is 1.28 bits per heavy atom. The van der Waals surface area contributed by atoms with Crippen LogP contribution in [0.25, 0.3) is 0 Å². The number of imidazole rings is 1. The van der Waals surface area contributed by atoms with Gasteiger partial charge in [0.2, 0.25) is 0 Å². The Bertz CT molecular complexity index is 476. The molecule has 0 bridgehead atoms. The van der Waals surface area contributed by atoms with Gasteiger partial charge in [0.25, 0.3) is 0 Å². The maximum Gasteiger partial charge on any atom is 0.119 e. The van der Waals surface area contributed by atoms with Crippen LogP contribution in [0.4, 0.5) is 5.69 Å². The highest BCUT2D eigenvalue weighted by Crippen LogP contribution is 2.15. The highest BCUT2D eigenvalue weighted by Gasteiger charge is 1.97. The number of hydrogen-bond acceptors (Lipinski definition) is 3. The molecule has 0 fully saturated rings. The first kappa shape index (κ1) is 12.5. The van der Waals surface area contributed by atoms with Gasteiger partial charge in [-0.3, -0.25) is 0 Å². The van der Waals surface area contributed by atoms with E-state index < -0.39 is 0 Å². The highest BCUT2D eigenvalue weighted by molar-refractivity contribution is 5.46. The molecule has 0 unspecified atom stereocenters. The molecular formula is C14H19N3O. The van der Waals surface area contributed by atoms with E-state index in [0.717, 1.165) is 30.4 Å². The van der Waals surface area contributed by atoms with Crippen LogP contribution in [-0.2, 0) is 6.54 Å². The van der Waals surface area contributed by atoms with Crippen LogP contribution in [0.3, 0.4) is 0 Å². The zero-order valence-electron chi connectivity index (χ0n) is 10.9. The number of hydrogen-bond donors (Lipinski definition) is 1. The molecule has 96 valence electrons. The molecule has 0 aliphatic heterocycles. The second-order valence-corrected chi connectivity index (χ2v) is 4.05. The third kappa shape index (κ3) is 3.26. The van der Waals surface area contributed by atoms with Crippen LogP contribution in [0.2, 0.25) is 0 Å². The van der Waals surface area contributed by atoms with Crippen molar-refractivity contribution in [2.75, 3.05) is 18.5 Å². The van der Waals surface area contributed by atoms with Crippen molar-refractivity contribution in [1.29, 1.82) is 0 Å². The van der Waals surface area contributed by atoms with Crippen molar-refractivity contribution < 1.29 is 4.74 Å². The molecule has 1 aromatic heterocycles. The van der Waals surface area contributed by atoms with Crippen LogP contribution in [0.15, 0.2) is 36.7 Å². The molecule has 0 amide bonds. The van der Waals surface area contributed by atoms with Crippen LogP contribution in [0.5, 0.6) is 5.75 Å². The predicted molar refractivity (Wildman–Crippen MR) is 73.1 cm³/mol. The van der Waals surface area contributed by atoms with Crippen molar-refractivity contribution >= 4 is 5.69 Å². The maximum absolute atomic E-state index is 5.40. The fourth-order valence-electron chi connectivity index (χ4n) is 1.80. The first-order chi connectivity index (χ1) is 8.79. The summed E-state index contributed by atoms with van der Waals surface area (Å²) in [5.74, 6) is 1.96. The summed E-state index contributed by atoms with van der Waals surface area (Å²) in [6.07, 6.45) is 3.82. The molecule has 0 aliphatic carbocycles. The Labute approximate surface area is 108 Å². The lowest BCUT2D eigenvalue weighted by Crippen LogP contribution is -2.10. The Morgan fingerprint density at radius 2 is 2.06 bits per heavy atom. The number of rotatable bonds is 6. The van der Waals surface area contributed by atoms with Crippen molar-refractivity contribution in [1.82, 2.24) is 9.55 Å². The Hall–Kier alpha value is -1.97. The molecule has 1 heterocycles. The molecule has 2 aromatic rings. The van der Waals surface area contributed by atoms with Crippen molar-refractivity contribution in [3.05, 3.63) is 42.5 Å². The molecule has 2 rings (SSSR count). The molecule has 0 atom stereocenters. The fraction of sp³-hybridized carbons (Fsp3) is 0.357. The SMILES string of the molecule is CCOc1ccc(NCCn2ccnc2C)cc1. The highest BCUT2D eigenvalue weighted by atomic mass is 16.5. The van der Waals surface area contributed by atoms with Gasteiger partial charge in [-0.25, -0.2) is 4.98 Å². The van der Waals surface area contributed by atoms with Gasteiger partial charge >= 0.3 is 0 Å². The average Bonchev–Trinajstić information content (AvgIpc) is 2.78. The monoisotopic (exact) mass is 245 g/mol. The molecule has 0 spiro atoms. The lowest BCUT2D eigenvalue weighted by molar-refractivity contribution is 0.340. The molecule has 18 heavy (non-hydrogen) atoms. The second kappa shape index (κ2) is 6.10. The summed E-state index contributed by atoms with van der Waals surface area (Å²) in [5.41, 5.74) is 1.11. The number of ether oxygens (including phenoxy) is 1. The first-order valence-corrected chi connectivity index (χ1v) is 6.24. The average molecular weight is 245 g/mol. The molecule has 0 saturated heterocycles. The van der Waals surface area contributed by atoms with Crippen molar-refractivity contribution in [3.63, 3.8) is 0 Å². The van der Waals surface area contributed by atoms with E-state index in [-0.39, 0.29) is 0 Å². The summed E-state index contributed by atoms with van der Waals surface area (Å²) >= 11 is 0. The van der Waals surface area contributed by atoms with E-state index in [2.05, 4.69) is 14.9 Å². The Kier molecular flexibility index (Phi) is 4.23.